The maximum Gasteiger partial charge on any atom is 0.229 e. The summed E-state index contributed by atoms with van der Waals surface area (Å²) in [5.74, 6) is -4.73. The standard InChI is InChI=1S/C16H18O8/c17-5-8(18)14(22)16(24)10-9(12(20)15(16)23)6-3-1-2-4-7(6)11(19)13(10)21/h1-4,8-10,12,14-15,17-18,20,22-24H,5H2/t8-,9?,10?,12?,14+,15+,16-/m0/s1. The summed E-state index contributed by atoms with van der Waals surface area (Å²) < 4.78 is 0. The summed E-state index contributed by atoms with van der Waals surface area (Å²) in [5, 5.41) is 60.2. The lowest BCUT2D eigenvalue weighted by Crippen LogP contribution is -2.62. The van der Waals surface area contributed by atoms with Crippen LogP contribution in [0.1, 0.15) is 21.8 Å². The summed E-state index contributed by atoms with van der Waals surface area (Å²) in [6, 6.07) is 6.02. The Bertz CT molecular complexity index is 688. The molecule has 0 spiro atoms. The molecule has 0 saturated heterocycles. The predicted molar refractivity (Wildman–Crippen MR) is 78.1 cm³/mol. The summed E-state index contributed by atoms with van der Waals surface area (Å²) in [7, 11) is 0. The second kappa shape index (κ2) is 5.69. The Morgan fingerprint density at radius 3 is 2.38 bits per heavy atom. The van der Waals surface area contributed by atoms with Crippen LogP contribution in [0.3, 0.4) is 0 Å². The minimum Gasteiger partial charge on any atom is -0.394 e. The van der Waals surface area contributed by atoms with Crippen LogP contribution >= 0.6 is 0 Å². The minimum atomic E-state index is -2.67. The highest BCUT2D eigenvalue weighted by Gasteiger charge is 2.68. The second-order valence-corrected chi connectivity index (χ2v) is 6.30. The number of Topliss-reactive ketones (excluding diaryl/α,β-unsaturated/α-hetero) is 2. The fourth-order valence-electron chi connectivity index (χ4n) is 3.91. The van der Waals surface area contributed by atoms with Crippen LogP contribution in [-0.2, 0) is 4.79 Å². The van der Waals surface area contributed by atoms with Crippen LogP contribution in [0.4, 0.5) is 0 Å². The molecule has 8 nitrogen and oxygen atoms in total. The molecule has 24 heavy (non-hydrogen) atoms. The summed E-state index contributed by atoms with van der Waals surface area (Å²) in [6.45, 7) is -0.942. The molecule has 3 unspecified atom stereocenters. The summed E-state index contributed by atoms with van der Waals surface area (Å²) in [6.07, 6.45) is -7.63. The van der Waals surface area contributed by atoms with E-state index in [4.69, 9.17) is 5.11 Å². The van der Waals surface area contributed by atoms with Gasteiger partial charge in [0.1, 0.15) is 23.9 Å². The molecule has 6 N–H and O–H groups in total. The SMILES string of the molecule is O=C1C(=O)C2C(c3ccccc31)C(O)[C@@H](O)[C@@]2(O)[C@H](O)[C@@H](O)CO. The van der Waals surface area contributed by atoms with Crippen LogP contribution in [0.25, 0.3) is 0 Å². The van der Waals surface area contributed by atoms with E-state index >= 15 is 0 Å². The van der Waals surface area contributed by atoms with Crippen molar-refractivity contribution in [3.63, 3.8) is 0 Å². The monoisotopic (exact) mass is 338 g/mol. The van der Waals surface area contributed by atoms with Gasteiger partial charge < -0.3 is 30.6 Å². The lowest BCUT2D eigenvalue weighted by molar-refractivity contribution is -0.197. The van der Waals surface area contributed by atoms with Crippen LogP contribution in [-0.4, -0.2) is 78.8 Å². The van der Waals surface area contributed by atoms with Gasteiger partial charge >= 0.3 is 0 Å². The Morgan fingerprint density at radius 2 is 1.75 bits per heavy atom. The molecule has 1 fully saturated rings. The Balaban J connectivity index is 2.18. The number of aliphatic hydroxyl groups is 6. The van der Waals surface area contributed by atoms with E-state index in [2.05, 4.69) is 0 Å². The highest BCUT2D eigenvalue weighted by atomic mass is 16.4. The fourth-order valence-corrected chi connectivity index (χ4v) is 3.91. The van der Waals surface area contributed by atoms with Gasteiger partial charge in [-0.15, -0.1) is 0 Å². The van der Waals surface area contributed by atoms with Gasteiger partial charge in [-0.2, -0.15) is 0 Å². The van der Waals surface area contributed by atoms with Gasteiger partial charge in [-0.3, -0.25) is 9.59 Å². The van der Waals surface area contributed by atoms with E-state index in [0.717, 1.165) is 0 Å². The lowest BCUT2D eigenvalue weighted by Gasteiger charge is -2.39. The van der Waals surface area contributed by atoms with Gasteiger partial charge in [0.2, 0.25) is 11.6 Å². The minimum absolute atomic E-state index is 0.0662. The van der Waals surface area contributed by atoms with Crippen LogP contribution in [0.5, 0.6) is 0 Å². The summed E-state index contributed by atoms with van der Waals surface area (Å²) in [4.78, 5) is 24.8. The van der Waals surface area contributed by atoms with Crippen molar-refractivity contribution in [2.45, 2.75) is 35.9 Å². The number of hydrogen-bond donors (Lipinski definition) is 6. The Kier molecular flexibility index (Phi) is 4.07. The van der Waals surface area contributed by atoms with Crippen molar-refractivity contribution in [1.29, 1.82) is 0 Å². The number of hydrogen-bond acceptors (Lipinski definition) is 8. The van der Waals surface area contributed by atoms with Crippen molar-refractivity contribution in [3.05, 3.63) is 35.4 Å². The third-order valence-corrected chi connectivity index (χ3v) is 5.12. The first-order valence-corrected chi connectivity index (χ1v) is 7.49. The van der Waals surface area contributed by atoms with Gasteiger partial charge in [-0.1, -0.05) is 24.3 Å². The van der Waals surface area contributed by atoms with Gasteiger partial charge in [-0.25, -0.2) is 0 Å². The molecule has 2 aliphatic carbocycles. The van der Waals surface area contributed by atoms with E-state index < -0.39 is 60.0 Å². The number of benzene rings is 1. The molecule has 7 atom stereocenters. The second-order valence-electron chi connectivity index (χ2n) is 6.30. The maximum absolute atomic E-state index is 12.5. The molecule has 0 bridgehead atoms. The summed E-state index contributed by atoms with van der Waals surface area (Å²) in [5.41, 5.74) is -2.33. The van der Waals surface area contributed by atoms with Gasteiger partial charge in [0.15, 0.2) is 0 Å². The average molecular weight is 338 g/mol. The molecule has 8 heteroatoms. The molecule has 0 amide bonds. The molecule has 3 rings (SSSR count). The van der Waals surface area contributed by atoms with Crippen LogP contribution in [0, 0.1) is 5.92 Å². The van der Waals surface area contributed by atoms with E-state index in [1.54, 1.807) is 12.1 Å². The molecule has 1 aromatic rings. The first-order valence-electron chi connectivity index (χ1n) is 7.49. The normalized spacial score (nSPS) is 37.8. The zero-order valence-corrected chi connectivity index (χ0v) is 12.5. The molecule has 0 aromatic heterocycles. The van der Waals surface area contributed by atoms with Crippen molar-refractivity contribution in [2.75, 3.05) is 6.61 Å². The number of ketones is 2. The largest absolute Gasteiger partial charge is 0.394 e. The highest BCUT2D eigenvalue weighted by Crippen LogP contribution is 2.52. The molecule has 130 valence electrons. The average Bonchev–Trinajstić information content (AvgIpc) is 2.80. The number of carbonyl (C=O) groups excluding carboxylic acids is 2. The molecule has 1 aromatic carbocycles. The van der Waals surface area contributed by atoms with Gasteiger partial charge in [-0.05, 0) is 5.56 Å². The molecular formula is C16H18O8. The van der Waals surface area contributed by atoms with Crippen LogP contribution in [0.2, 0.25) is 0 Å². The van der Waals surface area contributed by atoms with E-state index in [0.29, 0.717) is 0 Å². The quantitative estimate of drug-likeness (QED) is 0.326. The number of carbonyl (C=O) groups is 2. The Hall–Kier alpha value is -1.68. The molecule has 0 radical (unpaired) electrons. The van der Waals surface area contributed by atoms with Crippen LogP contribution in [0.15, 0.2) is 24.3 Å². The van der Waals surface area contributed by atoms with Gasteiger partial charge in [0.05, 0.1) is 18.6 Å². The Labute approximate surface area is 136 Å². The number of aliphatic hydroxyl groups excluding tert-OH is 5. The zero-order valence-electron chi connectivity index (χ0n) is 12.5. The van der Waals surface area contributed by atoms with Crippen molar-refractivity contribution in [3.8, 4) is 0 Å². The maximum atomic E-state index is 12.5. The third-order valence-electron chi connectivity index (χ3n) is 5.12. The van der Waals surface area contributed by atoms with E-state index in [9.17, 15) is 35.1 Å². The molecule has 0 heterocycles. The predicted octanol–water partition coefficient (Wildman–Crippen LogP) is -2.67. The Morgan fingerprint density at radius 1 is 1.12 bits per heavy atom. The first kappa shape index (κ1) is 17.2. The molecule has 2 aliphatic rings. The molecule has 0 aliphatic heterocycles. The lowest BCUT2D eigenvalue weighted by atomic mass is 9.69. The zero-order chi connectivity index (χ0) is 17.8. The van der Waals surface area contributed by atoms with Gasteiger partial charge in [0.25, 0.3) is 0 Å². The van der Waals surface area contributed by atoms with Gasteiger partial charge in [0, 0.05) is 11.5 Å². The van der Waals surface area contributed by atoms with E-state index in [-0.39, 0.29) is 11.1 Å². The third kappa shape index (κ3) is 2.02. The topological polar surface area (TPSA) is 156 Å². The van der Waals surface area contributed by atoms with Crippen molar-refractivity contribution in [2.24, 2.45) is 5.92 Å². The fraction of sp³-hybridized carbons (Fsp3) is 0.500. The first-order chi connectivity index (χ1) is 11.3. The summed E-state index contributed by atoms with van der Waals surface area (Å²) >= 11 is 0. The van der Waals surface area contributed by atoms with E-state index in [1.807, 2.05) is 0 Å². The highest BCUT2D eigenvalue weighted by molar-refractivity contribution is 6.46. The number of fused-ring (bicyclic) bond motifs is 3. The van der Waals surface area contributed by atoms with Crippen molar-refractivity contribution in [1.82, 2.24) is 0 Å². The van der Waals surface area contributed by atoms with Crippen molar-refractivity contribution < 1.29 is 40.2 Å². The van der Waals surface area contributed by atoms with Crippen LogP contribution < -0.4 is 0 Å². The smallest absolute Gasteiger partial charge is 0.229 e. The molecule has 1 saturated carbocycles. The van der Waals surface area contributed by atoms with E-state index in [1.165, 1.54) is 12.1 Å². The van der Waals surface area contributed by atoms with Crippen molar-refractivity contribution >= 4 is 11.6 Å². The number of rotatable bonds is 3. The molecular weight excluding hydrogens is 320 g/mol.